The number of carbonyl (C=O) groups excluding carboxylic acids is 2. The van der Waals surface area contributed by atoms with Gasteiger partial charge < -0.3 is 10.2 Å². The molecule has 33 heavy (non-hydrogen) atoms. The highest BCUT2D eigenvalue weighted by atomic mass is 32.2. The topological polar surface area (TPSA) is 86.8 Å². The normalized spacial score (nSPS) is 13.2. The third-order valence-electron chi connectivity index (χ3n) is 5.47. The molecule has 2 rings (SSSR count). The van der Waals surface area contributed by atoms with E-state index in [1.807, 2.05) is 20.8 Å². The Kier molecular flexibility index (Phi) is 8.99. The van der Waals surface area contributed by atoms with Gasteiger partial charge in [0.1, 0.15) is 18.4 Å². The van der Waals surface area contributed by atoms with Gasteiger partial charge in [-0.1, -0.05) is 42.8 Å². The predicted octanol–water partition coefficient (Wildman–Crippen LogP) is 3.23. The van der Waals surface area contributed by atoms with E-state index in [0.717, 1.165) is 16.1 Å². The smallest absolute Gasteiger partial charge is 0.244 e. The van der Waals surface area contributed by atoms with E-state index in [4.69, 9.17) is 0 Å². The molecule has 0 aromatic heterocycles. The lowest BCUT2D eigenvalue weighted by atomic mass is 10.1. The third-order valence-corrected chi connectivity index (χ3v) is 6.61. The SMILES string of the molecule is CCC(C)NC(=O)C(C)N(Cc1ccccc1F)C(=O)CN(c1ccc(C)cc1)S(C)(=O)=O. The number of carbonyl (C=O) groups is 2. The van der Waals surface area contributed by atoms with Crippen LogP contribution in [-0.2, 0) is 26.2 Å². The standard InChI is InChI=1S/C24H32FN3O4S/c1-6-18(3)26-24(30)19(4)27(15-20-9-7-8-10-22(20)25)23(29)16-28(33(5,31)32)21-13-11-17(2)12-14-21/h7-14,18-19H,6,15-16H2,1-5H3,(H,26,30). The van der Waals surface area contributed by atoms with E-state index in [1.54, 1.807) is 37.3 Å². The number of hydrogen-bond donors (Lipinski definition) is 1. The first kappa shape index (κ1) is 26.3. The Morgan fingerprint density at radius 1 is 1.06 bits per heavy atom. The molecule has 0 radical (unpaired) electrons. The Balaban J connectivity index is 2.39. The molecule has 2 aromatic rings. The lowest BCUT2D eigenvalue weighted by molar-refractivity contribution is -0.139. The van der Waals surface area contributed by atoms with Gasteiger partial charge in [0.2, 0.25) is 21.8 Å². The second kappa shape index (κ2) is 11.3. The second-order valence-electron chi connectivity index (χ2n) is 8.21. The van der Waals surface area contributed by atoms with E-state index in [-0.39, 0.29) is 18.2 Å². The zero-order valence-corrected chi connectivity index (χ0v) is 20.5. The van der Waals surface area contributed by atoms with E-state index in [2.05, 4.69) is 5.32 Å². The number of benzene rings is 2. The van der Waals surface area contributed by atoms with Gasteiger partial charge in [-0.3, -0.25) is 13.9 Å². The fourth-order valence-electron chi connectivity index (χ4n) is 3.18. The largest absolute Gasteiger partial charge is 0.352 e. The summed E-state index contributed by atoms with van der Waals surface area (Å²) < 4.78 is 40.3. The number of anilines is 1. The van der Waals surface area contributed by atoms with Crippen molar-refractivity contribution in [3.63, 3.8) is 0 Å². The summed E-state index contributed by atoms with van der Waals surface area (Å²) in [5.41, 5.74) is 1.50. The fourth-order valence-corrected chi connectivity index (χ4v) is 4.03. The molecule has 2 unspecified atom stereocenters. The van der Waals surface area contributed by atoms with Crippen LogP contribution >= 0.6 is 0 Å². The van der Waals surface area contributed by atoms with Crippen LogP contribution in [0.1, 0.15) is 38.3 Å². The summed E-state index contributed by atoms with van der Waals surface area (Å²) >= 11 is 0. The molecule has 0 saturated heterocycles. The molecule has 0 fully saturated rings. The molecule has 2 atom stereocenters. The van der Waals surface area contributed by atoms with Crippen LogP contribution in [0.15, 0.2) is 48.5 Å². The molecule has 7 nitrogen and oxygen atoms in total. The second-order valence-corrected chi connectivity index (χ2v) is 10.1. The molecule has 0 heterocycles. The number of sulfonamides is 1. The highest BCUT2D eigenvalue weighted by Crippen LogP contribution is 2.20. The molecule has 0 aliphatic rings. The Bertz CT molecular complexity index is 1070. The minimum absolute atomic E-state index is 0.106. The number of hydrogen-bond acceptors (Lipinski definition) is 4. The number of rotatable bonds is 10. The van der Waals surface area contributed by atoms with Crippen molar-refractivity contribution in [2.45, 2.75) is 52.7 Å². The van der Waals surface area contributed by atoms with Crippen LogP contribution in [0.4, 0.5) is 10.1 Å². The first-order chi connectivity index (χ1) is 15.4. The Morgan fingerprint density at radius 3 is 2.21 bits per heavy atom. The van der Waals surface area contributed by atoms with Gasteiger partial charge in [-0.25, -0.2) is 12.8 Å². The molecular weight excluding hydrogens is 445 g/mol. The number of amides is 2. The maximum atomic E-state index is 14.4. The highest BCUT2D eigenvalue weighted by molar-refractivity contribution is 7.92. The molecular formula is C24H32FN3O4S. The van der Waals surface area contributed by atoms with E-state index in [1.165, 1.54) is 23.1 Å². The van der Waals surface area contributed by atoms with Gasteiger partial charge >= 0.3 is 0 Å². The maximum absolute atomic E-state index is 14.4. The number of halogens is 1. The average Bonchev–Trinajstić information content (AvgIpc) is 2.76. The molecule has 180 valence electrons. The quantitative estimate of drug-likeness (QED) is 0.569. The molecule has 2 aromatic carbocycles. The van der Waals surface area contributed by atoms with Crippen molar-refractivity contribution in [2.75, 3.05) is 17.1 Å². The van der Waals surface area contributed by atoms with Crippen LogP contribution in [0.5, 0.6) is 0 Å². The summed E-state index contributed by atoms with van der Waals surface area (Å²) in [6.45, 7) is 6.49. The van der Waals surface area contributed by atoms with Gasteiger partial charge in [0.25, 0.3) is 0 Å². The zero-order valence-electron chi connectivity index (χ0n) is 19.7. The molecule has 2 amide bonds. The van der Waals surface area contributed by atoms with Crippen molar-refractivity contribution in [3.8, 4) is 0 Å². The minimum Gasteiger partial charge on any atom is -0.352 e. The van der Waals surface area contributed by atoms with Crippen LogP contribution < -0.4 is 9.62 Å². The molecule has 0 saturated carbocycles. The molecule has 0 spiro atoms. The van der Waals surface area contributed by atoms with E-state index in [9.17, 15) is 22.4 Å². The van der Waals surface area contributed by atoms with E-state index >= 15 is 0 Å². The fraction of sp³-hybridized carbons (Fsp3) is 0.417. The van der Waals surface area contributed by atoms with Gasteiger partial charge in [-0.15, -0.1) is 0 Å². The number of nitrogens with zero attached hydrogens (tertiary/aromatic N) is 2. The molecule has 0 aliphatic carbocycles. The van der Waals surface area contributed by atoms with Crippen molar-refractivity contribution >= 4 is 27.5 Å². The minimum atomic E-state index is -3.80. The van der Waals surface area contributed by atoms with Crippen LogP contribution in [0.25, 0.3) is 0 Å². The maximum Gasteiger partial charge on any atom is 0.244 e. The Hall–Kier alpha value is -2.94. The first-order valence-corrected chi connectivity index (χ1v) is 12.7. The van der Waals surface area contributed by atoms with Crippen molar-refractivity contribution in [1.29, 1.82) is 0 Å². The van der Waals surface area contributed by atoms with Crippen LogP contribution in [0, 0.1) is 12.7 Å². The Morgan fingerprint density at radius 2 is 1.67 bits per heavy atom. The summed E-state index contributed by atoms with van der Waals surface area (Å²) in [6, 6.07) is 11.7. The van der Waals surface area contributed by atoms with Gasteiger partial charge in [-0.05, 0) is 45.4 Å². The van der Waals surface area contributed by atoms with E-state index in [0.29, 0.717) is 12.1 Å². The lowest BCUT2D eigenvalue weighted by Crippen LogP contribution is -2.52. The van der Waals surface area contributed by atoms with Crippen molar-refractivity contribution in [2.24, 2.45) is 0 Å². The van der Waals surface area contributed by atoms with Crippen molar-refractivity contribution in [3.05, 3.63) is 65.5 Å². The van der Waals surface area contributed by atoms with Crippen LogP contribution in [-0.4, -0.2) is 50.0 Å². The monoisotopic (exact) mass is 477 g/mol. The highest BCUT2D eigenvalue weighted by Gasteiger charge is 2.30. The van der Waals surface area contributed by atoms with Crippen molar-refractivity contribution in [1.82, 2.24) is 10.2 Å². The molecule has 9 heteroatoms. The van der Waals surface area contributed by atoms with Crippen molar-refractivity contribution < 1.29 is 22.4 Å². The summed E-state index contributed by atoms with van der Waals surface area (Å²) in [5, 5.41) is 2.83. The Labute approximate surface area is 195 Å². The summed E-state index contributed by atoms with van der Waals surface area (Å²) in [6.07, 6.45) is 1.72. The first-order valence-electron chi connectivity index (χ1n) is 10.8. The van der Waals surface area contributed by atoms with E-state index < -0.39 is 40.2 Å². The molecule has 0 bridgehead atoms. The number of aryl methyl sites for hydroxylation is 1. The van der Waals surface area contributed by atoms with Crippen LogP contribution in [0.3, 0.4) is 0 Å². The van der Waals surface area contributed by atoms with Gasteiger partial charge in [0.05, 0.1) is 11.9 Å². The average molecular weight is 478 g/mol. The molecule has 1 N–H and O–H groups in total. The third kappa shape index (κ3) is 7.28. The summed E-state index contributed by atoms with van der Waals surface area (Å²) in [4.78, 5) is 27.4. The summed E-state index contributed by atoms with van der Waals surface area (Å²) in [5.74, 6) is -1.52. The van der Waals surface area contributed by atoms with Gasteiger partial charge in [0, 0.05) is 18.2 Å². The summed E-state index contributed by atoms with van der Waals surface area (Å²) in [7, 11) is -3.80. The predicted molar refractivity (Wildman–Crippen MR) is 128 cm³/mol. The van der Waals surface area contributed by atoms with Gasteiger partial charge in [-0.2, -0.15) is 0 Å². The zero-order chi connectivity index (χ0) is 24.8. The van der Waals surface area contributed by atoms with Gasteiger partial charge in [0.15, 0.2) is 0 Å². The number of nitrogens with one attached hydrogen (secondary N) is 1. The van der Waals surface area contributed by atoms with Crippen LogP contribution in [0.2, 0.25) is 0 Å². The molecule has 0 aliphatic heterocycles. The lowest BCUT2D eigenvalue weighted by Gasteiger charge is -2.32.